The van der Waals surface area contributed by atoms with E-state index in [9.17, 15) is 25.2 Å². The highest BCUT2D eigenvalue weighted by molar-refractivity contribution is 7.80. The molecule has 6 N–H and O–H groups in total. The molecule has 1 aromatic heterocycles. The molecule has 4 rings (SSSR count). The molecule has 0 bridgehead atoms. The van der Waals surface area contributed by atoms with Gasteiger partial charge in [0.2, 0.25) is 0 Å². The molecule has 1 saturated heterocycles. The molecular weight excluding hydrogens is 438 g/mol. The molecule has 5 unspecified atom stereocenters. The maximum Gasteiger partial charge on any atom is 0.335 e. The third-order valence-corrected chi connectivity index (χ3v) is 6.27. The summed E-state index contributed by atoms with van der Waals surface area (Å²) in [5.74, 6) is -0.878. The molecule has 0 aliphatic carbocycles. The number of aliphatic hydroxyl groups excluding tert-OH is 3. The summed E-state index contributed by atoms with van der Waals surface area (Å²) in [6.45, 7) is 3.66. The number of ether oxygens (including phenoxy) is 2. The zero-order valence-corrected chi connectivity index (χ0v) is 18.5. The van der Waals surface area contributed by atoms with E-state index in [1.54, 1.807) is 12.1 Å². The van der Waals surface area contributed by atoms with Gasteiger partial charge >= 0.3 is 5.97 Å². The molecule has 2 aliphatic rings. The molecule has 172 valence electrons. The number of nitrogen functional groups attached to an aromatic ring is 1. The fourth-order valence-corrected chi connectivity index (χ4v) is 4.56. The summed E-state index contributed by atoms with van der Waals surface area (Å²) in [5, 5.41) is 40.2. The van der Waals surface area contributed by atoms with Crippen LogP contribution in [0.4, 0.5) is 11.5 Å². The monoisotopic (exact) mass is 463 g/mol. The number of carboxylic acid groups (broad SMARTS) is 1. The molecule has 3 heterocycles. The Morgan fingerprint density at radius 3 is 2.41 bits per heavy atom. The van der Waals surface area contributed by atoms with E-state index in [0.717, 1.165) is 11.3 Å². The summed E-state index contributed by atoms with van der Waals surface area (Å²) in [7, 11) is 1.85. The lowest BCUT2D eigenvalue weighted by atomic mass is 9.90. The maximum absolute atomic E-state index is 11.5. The zero-order valence-electron chi connectivity index (χ0n) is 17.7. The fraction of sp³-hybridized carbons (Fsp3) is 0.429. The first-order valence-corrected chi connectivity index (χ1v) is 10.4. The van der Waals surface area contributed by atoms with Gasteiger partial charge in [0.1, 0.15) is 29.7 Å². The molecule has 32 heavy (non-hydrogen) atoms. The van der Waals surface area contributed by atoms with Crippen molar-refractivity contribution in [3.8, 4) is 11.3 Å². The molecular formula is C21H25N3O7S. The zero-order chi connectivity index (χ0) is 23.5. The number of anilines is 2. The Morgan fingerprint density at radius 2 is 1.81 bits per heavy atom. The number of thiocarbonyl (C=S) groups is 1. The number of nitrogens with zero attached hydrogens (tertiary/aromatic N) is 2. The van der Waals surface area contributed by atoms with E-state index < -0.39 is 42.2 Å². The minimum atomic E-state index is -1.81. The predicted molar refractivity (Wildman–Crippen MR) is 119 cm³/mol. The van der Waals surface area contributed by atoms with E-state index in [1.807, 2.05) is 43.7 Å². The van der Waals surface area contributed by atoms with Crippen molar-refractivity contribution < 1.29 is 34.7 Å². The molecule has 0 saturated carbocycles. The third kappa shape index (κ3) is 3.42. The van der Waals surface area contributed by atoms with Gasteiger partial charge in [0.25, 0.3) is 5.17 Å². The Morgan fingerprint density at radius 1 is 1.12 bits per heavy atom. The predicted octanol–water partition coefficient (Wildman–Crippen LogP) is 0.523. The van der Waals surface area contributed by atoms with Gasteiger partial charge in [0.15, 0.2) is 12.3 Å². The van der Waals surface area contributed by atoms with Gasteiger partial charge in [0.05, 0.1) is 5.69 Å². The van der Waals surface area contributed by atoms with Crippen LogP contribution >= 0.6 is 12.2 Å². The smallest absolute Gasteiger partial charge is 0.335 e. The van der Waals surface area contributed by atoms with Crippen molar-refractivity contribution >= 4 is 34.9 Å². The minimum Gasteiger partial charge on any atom is -0.479 e. The molecule has 0 radical (unpaired) electrons. The molecule has 0 spiro atoms. The molecule has 1 fully saturated rings. The number of fused-ring (bicyclic) bond motifs is 1. The topological polar surface area (TPSA) is 151 Å². The quantitative estimate of drug-likeness (QED) is 0.408. The first-order chi connectivity index (χ1) is 14.9. The lowest BCUT2D eigenvalue weighted by Crippen LogP contribution is -2.66. The maximum atomic E-state index is 11.5. The number of carbonyl (C=O) groups is 1. The lowest BCUT2D eigenvalue weighted by molar-refractivity contribution is -0.226. The van der Waals surface area contributed by atoms with E-state index in [1.165, 1.54) is 4.90 Å². The molecule has 1 aromatic carbocycles. The highest BCUT2D eigenvalue weighted by Gasteiger charge is 2.52. The van der Waals surface area contributed by atoms with Crippen LogP contribution in [0.5, 0.6) is 0 Å². The SMILES string of the molecule is Cn1c(N)ccc1-c1ccc2c(c1)C(C)(C)OC(=S)N2C1OC(C(=O)O)C(O)C(O)C1O. The fourth-order valence-electron chi connectivity index (χ4n) is 4.15. The number of hydrogen-bond acceptors (Lipinski definition) is 8. The van der Waals surface area contributed by atoms with Crippen molar-refractivity contribution in [3.63, 3.8) is 0 Å². The number of benzene rings is 1. The van der Waals surface area contributed by atoms with E-state index >= 15 is 0 Å². The van der Waals surface area contributed by atoms with Gasteiger partial charge in [-0.3, -0.25) is 4.90 Å². The Labute approximate surface area is 189 Å². The number of nitrogens with two attached hydrogens (primary N) is 1. The van der Waals surface area contributed by atoms with Crippen LogP contribution in [0.25, 0.3) is 11.3 Å². The summed E-state index contributed by atoms with van der Waals surface area (Å²) in [6, 6.07) is 9.17. The van der Waals surface area contributed by atoms with Crippen LogP contribution in [0.1, 0.15) is 19.4 Å². The molecule has 5 atom stereocenters. The normalized spacial score (nSPS) is 29.4. The molecule has 2 aliphatic heterocycles. The third-order valence-electron chi connectivity index (χ3n) is 5.99. The van der Waals surface area contributed by atoms with Crippen LogP contribution in [0.15, 0.2) is 30.3 Å². The lowest BCUT2D eigenvalue weighted by Gasteiger charge is -2.48. The Bertz CT molecular complexity index is 1090. The average Bonchev–Trinajstić information content (AvgIpc) is 3.05. The van der Waals surface area contributed by atoms with Gasteiger partial charge in [-0.1, -0.05) is 6.07 Å². The van der Waals surface area contributed by atoms with Crippen LogP contribution in [0.3, 0.4) is 0 Å². The molecule has 2 aromatic rings. The highest BCUT2D eigenvalue weighted by atomic mass is 32.1. The number of aliphatic hydroxyl groups is 3. The number of aromatic nitrogens is 1. The Kier molecular flexibility index (Phi) is 5.42. The van der Waals surface area contributed by atoms with E-state index in [0.29, 0.717) is 17.1 Å². The van der Waals surface area contributed by atoms with Gasteiger partial charge in [-0.15, -0.1) is 0 Å². The molecule has 11 heteroatoms. The first-order valence-electron chi connectivity index (χ1n) is 9.95. The summed E-state index contributed by atoms with van der Waals surface area (Å²) in [5.41, 5.74) is 8.07. The van der Waals surface area contributed by atoms with Gasteiger partial charge in [-0.25, -0.2) is 4.79 Å². The molecule has 10 nitrogen and oxygen atoms in total. The second-order valence-electron chi connectivity index (χ2n) is 8.44. The van der Waals surface area contributed by atoms with Gasteiger partial charge in [-0.2, -0.15) is 0 Å². The van der Waals surface area contributed by atoms with Crippen LogP contribution in [0, 0.1) is 0 Å². The van der Waals surface area contributed by atoms with Gasteiger partial charge < -0.3 is 40.2 Å². The van der Waals surface area contributed by atoms with Crippen molar-refractivity contribution in [2.75, 3.05) is 10.6 Å². The number of carboxylic acids is 1. The van der Waals surface area contributed by atoms with Gasteiger partial charge in [0, 0.05) is 18.3 Å². The number of aliphatic carboxylic acids is 1. The van der Waals surface area contributed by atoms with Crippen molar-refractivity contribution in [2.45, 2.75) is 50.1 Å². The first kappa shape index (κ1) is 22.5. The Balaban J connectivity index is 1.81. The van der Waals surface area contributed by atoms with E-state index in [-0.39, 0.29) is 5.17 Å². The average molecular weight is 464 g/mol. The Hall–Kier alpha value is -2.70. The summed E-state index contributed by atoms with van der Waals surface area (Å²) in [4.78, 5) is 12.9. The van der Waals surface area contributed by atoms with Crippen molar-refractivity contribution in [3.05, 3.63) is 35.9 Å². The van der Waals surface area contributed by atoms with Crippen molar-refractivity contribution in [2.24, 2.45) is 7.05 Å². The van der Waals surface area contributed by atoms with Crippen LogP contribution in [0.2, 0.25) is 0 Å². The summed E-state index contributed by atoms with van der Waals surface area (Å²) in [6.07, 6.45) is -8.37. The second kappa shape index (κ2) is 7.71. The second-order valence-corrected chi connectivity index (χ2v) is 8.79. The van der Waals surface area contributed by atoms with Crippen LogP contribution in [-0.2, 0) is 26.9 Å². The minimum absolute atomic E-state index is 0.0601. The van der Waals surface area contributed by atoms with Gasteiger partial charge in [-0.05, 0) is 55.9 Å². The standard InChI is InChI=1S/C21H25N3O7S/c1-21(2)10-8-9(11-6-7-13(22)23(11)3)4-5-12(10)24(20(32)31-21)18-16(27)14(25)15(26)17(30-18)19(28)29/h4-8,14-18,25-27H,22H2,1-3H3,(H,28,29). The van der Waals surface area contributed by atoms with Crippen LogP contribution < -0.4 is 10.6 Å². The highest BCUT2D eigenvalue weighted by Crippen LogP contribution is 2.43. The molecule has 0 amide bonds. The van der Waals surface area contributed by atoms with Crippen molar-refractivity contribution in [1.82, 2.24) is 4.57 Å². The number of hydrogen-bond donors (Lipinski definition) is 5. The van der Waals surface area contributed by atoms with E-state index in [2.05, 4.69) is 0 Å². The largest absolute Gasteiger partial charge is 0.479 e. The van der Waals surface area contributed by atoms with Crippen LogP contribution in [-0.4, -0.2) is 66.8 Å². The summed E-state index contributed by atoms with van der Waals surface area (Å²) < 4.78 is 13.3. The van der Waals surface area contributed by atoms with E-state index in [4.69, 9.17) is 27.4 Å². The number of rotatable bonds is 3. The van der Waals surface area contributed by atoms with Crippen molar-refractivity contribution in [1.29, 1.82) is 0 Å². The summed E-state index contributed by atoms with van der Waals surface area (Å²) >= 11 is 5.41.